The Labute approximate surface area is 172 Å². The van der Waals surface area contributed by atoms with E-state index in [2.05, 4.69) is 15.3 Å². The second-order valence-electron chi connectivity index (χ2n) is 6.07. The van der Waals surface area contributed by atoms with Crippen LogP contribution in [-0.4, -0.2) is 24.7 Å². The smallest absolute Gasteiger partial charge is 0.280 e. The van der Waals surface area contributed by atoms with E-state index < -0.39 is 4.92 Å². The molecule has 29 heavy (non-hydrogen) atoms. The van der Waals surface area contributed by atoms with Crippen LogP contribution in [0, 0.1) is 10.1 Å². The molecule has 142 valence electrons. The van der Waals surface area contributed by atoms with Crippen molar-refractivity contribution in [3.05, 3.63) is 75.8 Å². The zero-order chi connectivity index (χ0) is 20.0. The largest absolute Gasteiger partial charge is 0.453 e. The zero-order valence-electron chi connectivity index (χ0n) is 14.5. The highest BCUT2D eigenvalue weighted by molar-refractivity contribution is 7.19. The van der Waals surface area contributed by atoms with E-state index in [-0.39, 0.29) is 5.69 Å². The molecule has 8 nitrogen and oxygen atoms in total. The molecule has 0 unspecified atom stereocenters. The van der Waals surface area contributed by atoms with Gasteiger partial charge in [-0.15, -0.1) is 15.3 Å². The Morgan fingerprint density at radius 1 is 1.00 bits per heavy atom. The average molecular weight is 424 g/mol. The molecular formula is C19H10ClN5O3S. The third kappa shape index (κ3) is 3.06. The maximum absolute atomic E-state index is 11.3. The molecule has 3 aromatic heterocycles. The van der Waals surface area contributed by atoms with Gasteiger partial charge in [0.1, 0.15) is 5.76 Å². The summed E-state index contributed by atoms with van der Waals surface area (Å²) in [4.78, 5) is 11.4. The SMILES string of the molecule is O=[N+]([O-])c1ccccc1-c1ccc(-c2nn3c(-c4ccc(Cl)cc4)nnc3s2)o1. The molecule has 0 spiro atoms. The Balaban J connectivity index is 1.55. The van der Waals surface area contributed by atoms with Gasteiger partial charge >= 0.3 is 0 Å². The number of rotatable bonds is 4. The van der Waals surface area contributed by atoms with Gasteiger partial charge in [-0.05, 0) is 42.5 Å². The summed E-state index contributed by atoms with van der Waals surface area (Å²) >= 11 is 7.26. The number of benzene rings is 2. The molecule has 5 rings (SSSR count). The van der Waals surface area contributed by atoms with Crippen molar-refractivity contribution < 1.29 is 9.34 Å². The normalized spacial score (nSPS) is 11.2. The molecule has 3 heterocycles. The molecule has 0 saturated heterocycles. The van der Waals surface area contributed by atoms with Gasteiger partial charge in [0.25, 0.3) is 5.69 Å². The molecule has 0 aliphatic heterocycles. The predicted molar refractivity (Wildman–Crippen MR) is 109 cm³/mol. The number of aromatic nitrogens is 4. The lowest BCUT2D eigenvalue weighted by Gasteiger charge is -1.99. The molecule has 2 aromatic carbocycles. The number of furan rings is 1. The molecule has 10 heteroatoms. The van der Waals surface area contributed by atoms with E-state index in [1.54, 1.807) is 47.0 Å². The van der Waals surface area contributed by atoms with E-state index >= 15 is 0 Å². The number of hydrogen-bond donors (Lipinski definition) is 0. The first kappa shape index (κ1) is 17.5. The Bertz CT molecular complexity index is 1360. The van der Waals surface area contributed by atoms with Gasteiger partial charge in [-0.1, -0.05) is 35.1 Å². The molecule has 0 fully saturated rings. The number of nitrogens with zero attached hydrogens (tertiary/aromatic N) is 5. The van der Waals surface area contributed by atoms with Crippen molar-refractivity contribution in [2.75, 3.05) is 0 Å². The third-order valence-corrected chi connectivity index (χ3v) is 5.44. The van der Waals surface area contributed by atoms with Crippen molar-refractivity contribution in [1.82, 2.24) is 19.8 Å². The molecule has 0 radical (unpaired) electrons. The Kier molecular flexibility index (Phi) is 4.11. The van der Waals surface area contributed by atoms with Crippen LogP contribution in [0.4, 0.5) is 5.69 Å². The summed E-state index contributed by atoms with van der Waals surface area (Å²) in [7, 11) is 0. The molecule has 0 N–H and O–H groups in total. The summed E-state index contributed by atoms with van der Waals surface area (Å²) in [5, 5.41) is 25.4. The molecule has 0 atom stereocenters. The maximum atomic E-state index is 11.3. The lowest BCUT2D eigenvalue weighted by atomic mass is 10.1. The molecule has 0 aliphatic rings. The monoisotopic (exact) mass is 423 g/mol. The molecule has 0 bridgehead atoms. The van der Waals surface area contributed by atoms with Crippen LogP contribution in [0.2, 0.25) is 5.02 Å². The third-order valence-electron chi connectivity index (χ3n) is 4.28. The lowest BCUT2D eigenvalue weighted by Crippen LogP contribution is -1.91. The summed E-state index contributed by atoms with van der Waals surface area (Å²) in [6, 6.07) is 17.1. The fourth-order valence-corrected chi connectivity index (χ4v) is 3.86. The van der Waals surface area contributed by atoms with E-state index in [1.807, 2.05) is 12.1 Å². The second kappa shape index (κ2) is 6.80. The van der Waals surface area contributed by atoms with Crippen LogP contribution >= 0.6 is 22.9 Å². The van der Waals surface area contributed by atoms with Crippen molar-refractivity contribution in [2.45, 2.75) is 0 Å². The van der Waals surface area contributed by atoms with Crippen molar-refractivity contribution >= 4 is 33.6 Å². The summed E-state index contributed by atoms with van der Waals surface area (Å²) in [6.07, 6.45) is 0. The number of nitro benzene ring substituents is 1. The number of fused-ring (bicyclic) bond motifs is 1. The molecular weight excluding hydrogens is 414 g/mol. The minimum Gasteiger partial charge on any atom is -0.453 e. The van der Waals surface area contributed by atoms with Crippen LogP contribution in [-0.2, 0) is 0 Å². The van der Waals surface area contributed by atoms with Gasteiger partial charge in [-0.2, -0.15) is 4.52 Å². The Hall–Kier alpha value is -3.56. The topological polar surface area (TPSA) is 99.4 Å². The van der Waals surface area contributed by atoms with Gasteiger partial charge in [-0.25, -0.2) is 0 Å². The Morgan fingerprint density at radius 3 is 2.55 bits per heavy atom. The van der Waals surface area contributed by atoms with Crippen LogP contribution in [0.5, 0.6) is 0 Å². The number of hydrogen-bond acceptors (Lipinski definition) is 7. The van der Waals surface area contributed by atoms with Gasteiger partial charge in [0.15, 0.2) is 16.6 Å². The van der Waals surface area contributed by atoms with E-state index in [4.69, 9.17) is 16.0 Å². The zero-order valence-corrected chi connectivity index (χ0v) is 16.1. The van der Waals surface area contributed by atoms with E-state index in [9.17, 15) is 10.1 Å². The van der Waals surface area contributed by atoms with Crippen LogP contribution in [0.15, 0.2) is 65.1 Å². The van der Waals surface area contributed by atoms with Crippen molar-refractivity contribution in [2.24, 2.45) is 0 Å². The van der Waals surface area contributed by atoms with Crippen molar-refractivity contribution in [3.8, 4) is 33.5 Å². The fourth-order valence-electron chi connectivity index (χ4n) is 2.93. The van der Waals surface area contributed by atoms with Gasteiger partial charge in [0.05, 0.1) is 10.5 Å². The minimum atomic E-state index is -0.431. The average Bonchev–Trinajstić information content (AvgIpc) is 3.44. The molecule has 0 aliphatic carbocycles. The molecule has 0 amide bonds. The van der Waals surface area contributed by atoms with Crippen molar-refractivity contribution in [3.63, 3.8) is 0 Å². The summed E-state index contributed by atoms with van der Waals surface area (Å²) in [5.74, 6) is 1.48. The van der Waals surface area contributed by atoms with Crippen LogP contribution in [0.25, 0.3) is 38.4 Å². The minimum absolute atomic E-state index is 0.0171. The second-order valence-corrected chi connectivity index (χ2v) is 7.46. The number of halogens is 1. The fraction of sp³-hybridized carbons (Fsp3) is 0. The highest BCUT2D eigenvalue weighted by Gasteiger charge is 2.20. The highest BCUT2D eigenvalue weighted by atomic mass is 35.5. The molecule has 0 saturated carbocycles. The first-order chi connectivity index (χ1) is 14.1. The summed E-state index contributed by atoms with van der Waals surface area (Å²) in [5.41, 5.74) is 1.23. The van der Waals surface area contributed by atoms with Crippen molar-refractivity contribution in [1.29, 1.82) is 0 Å². The first-order valence-corrected chi connectivity index (χ1v) is 9.62. The standard InChI is InChI=1S/C19H10ClN5O3S/c20-12-7-5-11(6-8-12)17-21-22-19-24(17)23-18(29-19)16-10-9-15(28-16)13-3-1-2-4-14(13)25(26)27/h1-10H. The van der Waals surface area contributed by atoms with Crippen LogP contribution in [0.1, 0.15) is 0 Å². The van der Waals surface area contributed by atoms with E-state index in [0.29, 0.717) is 37.9 Å². The van der Waals surface area contributed by atoms with Crippen LogP contribution < -0.4 is 0 Å². The maximum Gasteiger partial charge on any atom is 0.280 e. The predicted octanol–water partition coefficient (Wildman–Crippen LogP) is 5.34. The van der Waals surface area contributed by atoms with Gasteiger partial charge in [-0.3, -0.25) is 10.1 Å². The van der Waals surface area contributed by atoms with E-state index in [0.717, 1.165) is 5.56 Å². The highest BCUT2D eigenvalue weighted by Crippen LogP contribution is 2.35. The molecule has 5 aromatic rings. The summed E-state index contributed by atoms with van der Waals surface area (Å²) in [6.45, 7) is 0. The van der Waals surface area contributed by atoms with Crippen LogP contribution in [0.3, 0.4) is 0 Å². The number of nitro groups is 1. The number of para-hydroxylation sites is 1. The quantitative estimate of drug-likeness (QED) is 0.285. The van der Waals surface area contributed by atoms with Gasteiger partial charge in [0, 0.05) is 16.7 Å². The summed E-state index contributed by atoms with van der Waals surface area (Å²) < 4.78 is 7.51. The van der Waals surface area contributed by atoms with Gasteiger partial charge in [0.2, 0.25) is 4.96 Å². The lowest BCUT2D eigenvalue weighted by molar-refractivity contribution is -0.384. The van der Waals surface area contributed by atoms with E-state index in [1.165, 1.54) is 17.4 Å². The Morgan fingerprint density at radius 2 is 1.76 bits per heavy atom. The van der Waals surface area contributed by atoms with Gasteiger partial charge < -0.3 is 4.42 Å². The first-order valence-electron chi connectivity index (χ1n) is 8.42.